The molecule has 2 heterocycles. The van der Waals surface area contributed by atoms with Gasteiger partial charge in [0.05, 0.1) is 12.2 Å². The molecule has 5 nitrogen and oxygen atoms in total. The summed E-state index contributed by atoms with van der Waals surface area (Å²) in [5, 5.41) is 3.33. The molecule has 20 heavy (non-hydrogen) atoms. The van der Waals surface area contributed by atoms with Crippen LogP contribution >= 0.6 is 0 Å². The summed E-state index contributed by atoms with van der Waals surface area (Å²) >= 11 is 0. The van der Waals surface area contributed by atoms with Crippen LogP contribution in [0.1, 0.15) is 38.9 Å². The predicted octanol–water partition coefficient (Wildman–Crippen LogP) is 2.50. The Morgan fingerprint density at radius 3 is 2.80 bits per heavy atom. The van der Waals surface area contributed by atoms with Crippen molar-refractivity contribution in [1.29, 1.82) is 0 Å². The lowest BCUT2D eigenvalue weighted by atomic mass is 10.3. The number of hydrogen-bond acceptors (Lipinski definition) is 3. The van der Waals surface area contributed by atoms with Crippen LogP contribution in [0.5, 0.6) is 0 Å². The molecule has 0 saturated heterocycles. The van der Waals surface area contributed by atoms with Gasteiger partial charge in [0.1, 0.15) is 0 Å². The van der Waals surface area contributed by atoms with Crippen LogP contribution in [-0.2, 0) is 6.54 Å². The van der Waals surface area contributed by atoms with E-state index < -0.39 is 0 Å². The molecule has 1 N–H and O–H groups in total. The lowest BCUT2D eigenvalue weighted by Gasteiger charge is -2.07. The Kier molecular flexibility index (Phi) is 4.61. The molecular formula is C15H22N4O. The first-order valence-corrected chi connectivity index (χ1v) is 7.08. The number of rotatable bonds is 6. The van der Waals surface area contributed by atoms with E-state index in [0.717, 1.165) is 24.3 Å². The number of anilines is 1. The molecule has 0 aliphatic rings. The van der Waals surface area contributed by atoms with E-state index in [4.69, 9.17) is 0 Å². The second-order valence-corrected chi connectivity index (χ2v) is 5.17. The number of imidazole rings is 1. The van der Waals surface area contributed by atoms with E-state index in [2.05, 4.69) is 17.2 Å². The number of hydrogen-bond donors (Lipinski definition) is 1. The zero-order chi connectivity index (χ0) is 14.5. The van der Waals surface area contributed by atoms with Gasteiger partial charge >= 0.3 is 5.69 Å². The predicted molar refractivity (Wildman–Crippen MR) is 81.2 cm³/mol. The van der Waals surface area contributed by atoms with Crippen LogP contribution in [0.15, 0.2) is 35.5 Å². The lowest BCUT2D eigenvalue weighted by molar-refractivity contribution is 0.560. The van der Waals surface area contributed by atoms with Gasteiger partial charge in [-0.15, -0.1) is 0 Å². The summed E-state index contributed by atoms with van der Waals surface area (Å²) in [5.74, 6) is 0. The van der Waals surface area contributed by atoms with Crippen LogP contribution in [0.4, 0.5) is 5.69 Å². The molecule has 0 atom stereocenters. The van der Waals surface area contributed by atoms with E-state index in [1.54, 1.807) is 15.3 Å². The minimum absolute atomic E-state index is 0.00807. The molecule has 0 saturated carbocycles. The average Bonchev–Trinajstić information content (AvgIpc) is 2.78. The molecule has 0 fully saturated rings. The highest BCUT2D eigenvalue weighted by atomic mass is 16.1. The van der Waals surface area contributed by atoms with Crippen molar-refractivity contribution in [2.75, 3.05) is 11.9 Å². The van der Waals surface area contributed by atoms with Crippen LogP contribution in [-0.4, -0.2) is 20.7 Å². The van der Waals surface area contributed by atoms with E-state index in [1.165, 1.54) is 0 Å². The van der Waals surface area contributed by atoms with Crippen molar-refractivity contribution in [2.45, 2.75) is 39.8 Å². The van der Waals surface area contributed by atoms with Gasteiger partial charge in [0.15, 0.2) is 0 Å². The topological polar surface area (TPSA) is 51.9 Å². The van der Waals surface area contributed by atoms with Crippen molar-refractivity contribution in [1.82, 2.24) is 14.1 Å². The minimum Gasteiger partial charge on any atom is -0.385 e. The van der Waals surface area contributed by atoms with Crippen LogP contribution in [0, 0.1) is 0 Å². The van der Waals surface area contributed by atoms with Crippen molar-refractivity contribution in [3.05, 3.63) is 46.9 Å². The average molecular weight is 274 g/mol. The maximum atomic E-state index is 12.2. The first kappa shape index (κ1) is 14.4. The monoisotopic (exact) mass is 274 g/mol. The largest absolute Gasteiger partial charge is 0.385 e. The van der Waals surface area contributed by atoms with E-state index in [1.807, 2.05) is 38.4 Å². The summed E-state index contributed by atoms with van der Waals surface area (Å²) in [6.45, 7) is 7.56. The van der Waals surface area contributed by atoms with Gasteiger partial charge in [-0.1, -0.05) is 6.92 Å². The third-order valence-electron chi connectivity index (χ3n) is 3.16. The quantitative estimate of drug-likeness (QED) is 0.880. The zero-order valence-corrected chi connectivity index (χ0v) is 12.3. The van der Waals surface area contributed by atoms with Gasteiger partial charge in [0.25, 0.3) is 0 Å². The van der Waals surface area contributed by atoms with Crippen LogP contribution in [0.25, 0.3) is 0 Å². The van der Waals surface area contributed by atoms with Crippen molar-refractivity contribution < 1.29 is 0 Å². The summed E-state index contributed by atoms with van der Waals surface area (Å²) < 4.78 is 3.41. The van der Waals surface area contributed by atoms with Gasteiger partial charge in [-0.25, -0.2) is 4.79 Å². The Balaban J connectivity index is 2.16. The molecule has 0 aliphatic heterocycles. The molecule has 0 amide bonds. The molecule has 0 bridgehead atoms. The lowest BCUT2D eigenvalue weighted by Crippen LogP contribution is -2.25. The fraction of sp³-hybridized carbons (Fsp3) is 0.467. The number of aromatic nitrogens is 3. The smallest absolute Gasteiger partial charge is 0.328 e. The van der Waals surface area contributed by atoms with Crippen LogP contribution in [0.3, 0.4) is 0 Å². The fourth-order valence-corrected chi connectivity index (χ4v) is 2.06. The fourth-order valence-electron chi connectivity index (χ4n) is 2.06. The molecule has 108 valence electrons. The van der Waals surface area contributed by atoms with Crippen molar-refractivity contribution in [2.24, 2.45) is 0 Å². The summed E-state index contributed by atoms with van der Waals surface area (Å²) in [6, 6.07) is 4.12. The molecule has 2 aromatic heterocycles. The first-order valence-electron chi connectivity index (χ1n) is 7.08. The molecule has 0 spiro atoms. The van der Waals surface area contributed by atoms with Crippen LogP contribution in [0.2, 0.25) is 0 Å². The van der Waals surface area contributed by atoms with Gasteiger partial charge in [0, 0.05) is 36.9 Å². The van der Waals surface area contributed by atoms with E-state index >= 15 is 0 Å². The number of nitrogens with zero attached hydrogens (tertiary/aromatic N) is 3. The summed E-state index contributed by atoms with van der Waals surface area (Å²) in [4.78, 5) is 16.5. The normalized spacial score (nSPS) is 11.0. The van der Waals surface area contributed by atoms with Gasteiger partial charge in [0.2, 0.25) is 0 Å². The van der Waals surface area contributed by atoms with Gasteiger partial charge in [-0.05, 0) is 32.4 Å². The SMILES string of the molecule is CCCNc1ccnc(Cn2ccn(C(C)C)c2=O)c1. The Labute approximate surface area is 119 Å². The molecule has 2 aromatic rings. The molecule has 0 aliphatic carbocycles. The zero-order valence-electron chi connectivity index (χ0n) is 12.3. The molecule has 0 unspecified atom stereocenters. The molecule has 0 aromatic carbocycles. The van der Waals surface area contributed by atoms with Gasteiger partial charge < -0.3 is 5.32 Å². The Hall–Kier alpha value is -2.04. The molecule has 2 rings (SSSR count). The molecule has 5 heteroatoms. The highest BCUT2D eigenvalue weighted by Gasteiger charge is 2.07. The molecule has 0 radical (unpaired) electrons. The summed E-state index contributed by atoms with van der Waals surface area (Å²) in [5.41, 5.74) is 1.94. The van der Waals surface area contributed by atoms with Crippen molar-refractivity contribution in [3.63, 3.8) is 0 Å². The maximum absolute atomic E-state index is 12.2. The standard InChI is InChI=1S/C15H22N4O/c1-4-6-16-13-5-7-17-14(10-13)11-18-8-9-19(12(2)3)15(18)20/h5,7-10,12H,4,6,11H2,1-3H3,(H,16,17). The highest BCUT2D eigenvalue weighted by Crippen LogP contribution is 2.09. The molecular weight excluding hydrogens is 252 g/mol. The van der Waals surface area contributed by atoms with Crippen LogP contribution < -0.4 is 11.0 Å². The maximum Gasteiger partial charge on any atom is 0.328 e. The van der Waals surface area contributed by atoms with Crippen molar-refractivity contribution in [3.8, 4) is 0 Å². The van der Waals surface area contributed by atoms with E-state index in [-0.39, 0.29) is 11.7 Å². The summed E-state index contributed by atoms with van der Waals surface area (Å²) in [7, 11) is 0. The van der Waals surface area contributed by atoms with E-state index in [9.17, 15) is 4.79 Å². The van der Waals surface area contributed by atoms with E-state index in [0.29, 0.717) is 6.54 Å². The Morgan fingerprint density at radius 2 is 2.15 bits per heavy atom. The first-order chi connectivity index (χ1) is 9.61. The minimum atomic E-state index is 0.00807. The van der Waals surface area contributed by atoms with Gasteiger partial charge in [-0.3, -0.25) is 14.1 Å². The number of pyridine rings is 1. The Bertz CT molecular complexity index is 612. The Morgan fingerprint density at radius 1 is 1.35 bits per heavy atom. The third-order valence-corrected chi connectivity index (χ3v) is 3.16. The third kappa shape index (κ3) is 3.29. The van der Waals surface area contributed by atoms with Crippen molar-refractivity contribution >= 4 is 5.69 Å². The highest BCUT2D eigenvalue weighted by molar-refractivity contribution is 5.43. The van der Waals surface area contributed by atoms with Gasteiger partial charge in [-0.2, -0.15) is 0 Å². The summed E-state index contributed by atoms with van der Waals surface area (Å²) in [6.07, 6.45) is 6.49. The second kappa shape index (κ2) is 6.41. The second-order valence-electron chi connectivity index (χ2n) is 5.17. The number of nitrogens with one attached hydrogen (secondary N) is 1.